The third-order valence-corrected chi connectivity index (χ3v) is 7.16. The van der Waals surface area contributed by atoms with Crippen LogP contribution in [0.15, 0.2) is 24.8 Å². The average Bonchev–Trinajstić information content (AvgIpc) is 3.42. The fourth-order valence-electron chi connectivity index (χ4n) is 5.18. The van der Waals surface area contributed by atoms with Gasteiger partial charge in [0.15, 0.2) is 11.6 Å². The highest BCUT2D eigenvalue weighted by molar-refractivity contribution is 5.88. The van der Waals surface area contributed by atoms with Crippen LogP contribution in [-0.4, -0.2) is 56.1 Å². The Hall–Kier alpha value is -2.95. The van der Waals surface area contributed by atoms with Crippen molar-refractivity contribution in [3.05, 3.63) is 47.8 Å². The molecule has 0 radical (unpaired) electrons. The number of nitrogens with two attached hydrogens (primary N) is 1. The van der Waals surface area contributed by atoms with E-state index < -0.39 is 29.0 Å². The summed E-state index contributed by atoms with van der Waals surface area (Å²) in [6.07, 6.45) is 5.83. The van der Waals surface area contributed by atoms with E-state index in [1.54, 1.807) is 13.8 Å². The van der Waals surface area contributed by atoms with Crippen LogP contribution in [0.2, 0.25) is 0 Å². The number of fused-ring (bicyclic) bond motifs is 2. The standard InChI is InChI=1S/C23H29F3N6O2/c1-23(2,31-12-28-11-30-31)22(34)29-10-21(33)32-15-3-4-16(32)6-14(5-15)20(27)8-13-7-18(25)19(26)9-17(13)24/h7,9,11-12,14-16,20H,3-6,8,10,27H2,1-2H3,(H,29,34)/t14?,15-,16+,20-/m1/s1. The molecule has 0 aliphatic carbocycles. The molecule has 0 spiro atoms. The molecule has 1 unspecified atom stereocenters. The van der Waals surface area contributed by atoms with E-state index in [9.17, 15) is 22.8 Å². The normalized spacial score (nSPS) is 23.1. The lowest BCUT2D eigenvalue weighted by Gasteiger charge is -2.41. The Bertz CT molecular complexity index is 1050. The number of hydrogen-bond acceptors (Lipinski definition) is 5. The van der Waals surface area contributed by atoms with Gasteiger partial charge in [0.25, 0.3) is 0 Å². The van der Waals surface area contributed by atoms with Crippen molar-refractivity contribution in [3.63, 3.8) is 0 Å². The number of nitrogens with zero attached hydrogens (tertiary/aromatic N) is 4. The first kappa shape index (κ1) is 24.2. The number of carbonyl (C=O) groups excluding carboxylic acids is 2. The van der Waals surface area contributed by atoms with Crippen molar-refractivity contribution in [3.8, 4) is 0 Å². The maximum Gasteiger partial charge on any atom is 0.247 e. The molecule has 2 aromatic rings. The fraction of sp³-hybridized carbons (Fsp3) is 0.565. The van der Waals surface area contributed by atoms with Crippen LogP contribution < -0.4 is 11.1 Å². The molecule has 2 aliphatic rings. The van der Waals surface area contributed by atoms with Gasteiger partial charge in [-0.15, -0.1) is 0 Å². The molecule has 3 N–H and O–H groups in total. The van der Waals surface area contributed by atoms with E-state index in [-0.39, 0.29) is 48.3 Å². The van der Waals surface area contributed by atoms with Crippen molar-refractivity contribution in [2.24, 2.45) is 11.7 Å². The van der Waals surface area contributed by atoms with Crippen molar-refractivity contribution < 1.29 is 22.8 Å². The number of aromatic nitrogens is 3. The molecule has 1 aromatic carbocycles. The third-order valence-electron chi connectivity index (χ3n) is 7.16. The number of benzene rings is 1. The maximum absolute atomic E-state index is 14.1. The van der Waals surface area contributed by atoms with Crippen LogP contribution in [0.3, 0.4) is 0 Å². The predicted octanol–water partition coefficient (Wildman–Crippen LogP) is 1.89. The smallest absolute Gasteiger partial charge is 0.247 e. The summed E-state index contributed by atoms with van der Waals surface area (Å²) in [7, 11) is 0. The van der Waals surface area contributed by atoms with Crippen molar-refractivity contribution >= 4 is 11.8 Å². The van der Waals surface area contributed by atoms with E-state index in [0.717, 1.165) is 18.9 Å². The quantitative estimate of drug-likeness (QED) is 0.592. The van der Waals surface area contributed by atoms with Gasteiger partial charge in [0, 0.05) is 24.2 Å². The summed E-state index contributed by atoms with van der Waals surface area (Å²) in [5.41, 5.74) is 5.40. The van der Waals surface area contributed by atoms with Crippen LogP contribution in [0.5, 0.6) is 0 Å². The topological polar surface area (TPSA) is 106 Å². The zero-order valence-electron chi connectivity index (χ0n) is 19.2. The SMILES string of the molecule is CC(C)(C(=O)NCC(=O)N1[C@@H]2CC[C@H]1CC([C@H](N)Cc1cc(F)c(F)cc1F)C2)n1cncn1. The van der Waals surface area contributed by atoms with Gasteiger partial charge in [-0.05, 0) is 63.5 Å². The monoisotopic (exact) mass is 478 g/mol. The number of amides is 2. The molecule has 8 nitrogen and oxygen atoms in total. The highest BCUT2D eigenvalue weighted by Gasteiger charge is 2.44. The van der Waals surface area contributed by atoms with Gasteiger partial charge in [0.1, 0.15) is 24.0 Å². The molecular formula is C23H29F3N6O2. The molecule has 2 saturated heterocycles. The minimum Gasteiger partial charge on any atom is -0.345 e. The average molecular weight is 479 g/mol. The first-order chi connectivity index (χ1) is 16.1. The third kappa shape index (κ3) is 4.66. The molecule has 184 valence electrons. The first-order valence-corrected chi connectivity index (χ1v) is 11.4. The zero-order chi connectivity index (χ0) is 24.6. The molecule has 0 saturated carbocycles. The minimum atomic E-state index is -1.23. The Balaban J connectivity index is 1.34. The van der Waals surface area contributed by atoms with Crippen LogP contribution >= 0.6 is 0 Å². The first-order valence-electron chi connectivity index (χ1n) is 11.4. The fourth-order valence-corrected chi connectivity index (χ4v) is 5.18. The van der Waals surface area contributed by atoms with E-state index in [1.165, 1.54) is 17.3 Å². The van der Waals surface area contributed by atoms with Crippen LogP contribution in [-0.2, 0) is 21.5 Å². The van der Waals surface area contributed by atoms with Gasteiger partial charge in [0.05, 0.1) is 6.54 Å². The summed E-state index contributed by atoms with van der Waals surface area (Å²) < 4.78 is 42.2. The van der Waals surface area contributed by atoms with E-state index in [4.69, 9.17) is 5.73 Å². The highest BCUT2D eigenvalue weighted by Crippen LogP contribution is 2.40. The number of nitrogens with one attached hydrogen (secondary N) is 1. The Labute approximate surface area is 195 Å². The van der Waals surface area contributed by atoms with E-state index >= 15 is 0 Å². The zero-order valence-corrected chi connectivity index (χ0v) is 19.2. The summed E-state index contributed by atoms with van der Waals surface area (Å²) in [6, 6.07) is 0.930. The van der Waals surface area contributed by atoms with Crippen LogP contribution in [0, 0.1) is 23.4 Å². The van der Waals surface area contributed by atoms with Gasteiger partial charge >= 0.3 is 0 Å². The van der Waals surface area contributed by atoms with E-state index in [0.29, 0.717) is 18.9 Å². The number of piperidine rings is 1. The van der Waals surface area contributed by atoms with Crippen molar-refractivity contribution in [1.29, 1.82) is 0 Å². The number of hydrogen-bond donors (Lipinski definition) is 2. The Kier molecular flexibility index (Phi) is 6.66. The van der Waals surface area contributed by atoms with E-state index in [1.807, 2.05) is 4.90 Å². The van der Waals surface area contributed by atoms with Crippen molar-refractivity contribution in [1.82, 2.24) is 25.0 Å². The predicted molar refractivity (Wildman–Crippen MR) is 117 cm³/mol. The summed E-state index contributed by atoms with van der Waals surface area (Å²) in [5, 5.41) is 6.71. The molecule has 11 heteroatoms. The molecule has 34 heavy (non-hydrogen) atoms. The minimum absolute atomic E-state index is 0.0164. The van der Waals surface area contributed by atoms with Crippen molar-refractivity contribution in [2.45, 2.75) is 69.6 Å². The number of carbonyl (C=O) groups is 2. The summed E-state index contributed by atoms with van der Waals surface area (Å²) in [4.78, 5) is 31.3. The van der Waals surface area contributed by atoms with Crippen molar-refractivity contribution in [2.75, 3.05) is 6.54 Å². The highest BCUT2D eigenvalue weighted by atomic mass is 19.2. The van der Waals surface area contributed by atoms with Gasteiger partial charge in [-0.1, -0.05) is 0 Å². The molecule has 2 amide bonds. The second-order valence-electron chi connectivity index (χ2n) is 9.72. The molecule has 3 heterocycles. The lowest BCUT2D eigenvalue weighted by atomic mass is 9.82. The van der Waals surface area contributed by atoms with Gasteiger partial charge in [-0.2, -0.15) is 5.10 Å². The number of rotatable bonds is 7. The Morgan fingerprint density at radius 3 is 2.41 bits per heavy atom. The summed E-state index contributed by atoms with van der Waals surface area (Å²) in [5.74, 6) is -3.61. The summed E-state index contributed by atoms with van der Waals surface area (Å²) >= 11 is 0. The number of halogens is 3. The lowest BCUT2D eigenvalue weighted by Crippen LogP contribution is -2.54. The van der Waals surface area contributed by atoms with Gasteiger partial charge < -0.3 is 16.0 Å². The van der Waals surface area contributed by atoms with Crippen LogP contribution in [0.1, 0.15) is 45.1 Å². The van der Waals surface area contributed by atoms with Gasteiger partial charge in [-0.3, -0.25) is 9.59 Å². The van der Waals surface area contributed by atoms with Gasteiger partial charge in [0.2, 0.25) is 11.8 Å². The van der Waals surface area contributed by atoms with Gasteiger partial charge in [-0.25, -0.2) is 22.8 Å². The van der Waals surface area contributed by atoms with Crippen LogP contribution in [0.25, 0.3) is 0 Å². The molecular weight excluding hydrogens is 449 g/mol. The molecule has 2 aliphatic heterocycles. The Morgan fingerprint density at radius 1 is 1.15 bits per heavy atom. The molecule has 2 bridgehead atoms. The Morgan fingerprint density at radius 2 is 1.79 bits per heavy atom. The maximum atomic E-state index is 14.1. The molecule has 4 atom stereocenters. The molecule has 1 aromatic heterocycles. The molecule has 4 rings (SSSR count). The lowest BCUT2D eigenvalue weighted by molar-refractivity contribution is -0.139. The van der Waals surface area contributed by atoms with E-state index in [2.05, 4.69) is 15.4 Å². The van der Waals surface area contributed by atoms with Crippen LogP contribution in [0.4, 0.5) is 13.2 Å². The largest absolute Gasteiger partial charge is 0.345 e. The second-order valence-corrected chi connectivity index (χ2v) is 9.72. The summed E-state index contributed by atoms with van der Waals surface area (Å²) in [6.45, 7) is 3.25. The second kappa shape index (κ2) is 9.36. The molecule has 2 fully saturated rings.